The smallest absolute Gasteiger partial charge is 0.0630 e. The van der Waals surface area contributed by atoms with E-state index in [1.165, 1.54) is 205 Å². The van der Waals surface area contributed by atoms with Crippen LogP contribution < -0.4 is 0 Å². The Bertz CT molecular complexity index is 2340. The van der Waals surface area contributed by atoms with Crippen LogP contribution in [0.1, 0.15) is 154 Å². The molecule has 4 aromatic carbocycles. The minimum atomic E-state index is 1.13. The number of aromatic nitrogens is 4. The maximum absolute atomic E-state index is 3.73. The number of H-pyrrole nitrogens is 4. The third kappa shape index (κ3) is 9.43. The number of nitrogens with one attached hydrogen (secondary N) is 4. The summed E-state index contributed by atoms with van der Waals surface area (Å²) < 4.78 is 0. The third-order valence-corrected chi connectivity index (χ3v) is 13.1. The van der Waals surface area contributed by atoms with Gasteiger partial charge in [-0.15, -0.1) is 0 Å². The van der Waals surface area contributed by atoms with Crippen LogP contribution in [0.15, 0.2) is 84.9 Å². The zero-order valence-corrected chi connectivity index (χ0v) is 35.6. The Morgan fingerprint density at radius 2 is 0.586 bits per heavy atom. The Morgan fingerprint density at radius 3 is 0.948 bits per heavy atom. The van der Waals surface area contributed by atoms with E-state index in [9.17, 15) is 0 Å². The molecular formula is C54H68N4. The van der Waals surface area contributed by atoms with Crippen LogP contribution in [0.4, 0.5) is 0 Å². The van der Waals surface area contributed by atoms with E-state index in [-0.39, 0.29) is 0 Å². The van der Waals surface area contributed by atoms with E-state index in [4.69, 9.17) is 0 Å². The van der Waals surface area contributed by atoms with Crippen molar-refractivity contribution in [2.45, 2.75) is 155 Å². The minimum Gasteiger partial charge on any atom is -0.357 e. The summed E-state index contributed by atoms with van der Waals surface area (Å²) in [6, 6.07) is 32.3. The molecule has 0 saturated heterocycles. The van der Waals surface area contributed by atoms with Gasteiger partial charge in [-0.05, 0) is 107 Å². The van der Waals surface area contributed by atoms with Gasteiger partial charge in [-0.3, -0.25) is 0 Å². The largest absolute Gasteiger partial charge is 0.357 e. The number of hydrogen-bond donors (Lipinski definition) is 4. The van der Waals surface area contributed by atoms with E-state index in [1.807, 2.05) is 0 Å². The van der Waals surface area contributed by atoms with Gasteiger partial charge >= 0.3 is 0 Å². The average Bonchev–Trinajstić information content (AvgIpc) is 4.08. The van der Waals surface area contributed by atoms with Crippen molar-refractivity contribution in [3.8, 4) is 22.8 Å². The fraction of sp³-hybridized carbons (Fsp3) is 0.444. The van der Waals surface area contributed by atoms with E-state index < -0.39 is 0 Å². The number of hydrogen-bond acceptors (Lipinski definition) is 0. The number of unbranched alkanes of at least 4 members (excludes halogenated alkanes) is 18. The molecule has 0 atom stereocenters. The fourth-order valence-electron chi connectivity index (χ4n) is 9.65. The van der Waals surface area contributed by atoms with Crippen LogP contribution in [0, 0.1) is 0 Å². The third-order valence-electron chi connectivity index (χ3n) is 13.1. The highest BCUT2D eigenvalue weighted by Gasteiger charge is 2.14. The van der Waals surface area contributed by atoms with Crippen LogP contribution in [0.5, 0.6) is 0 Å². The Labute approximate surface area is 347 Å². The molecule has 4 N–H and O–H groups in total. The zero-order chi connectivity index (χ0) is 39.5. The monoisotopic (exact) mass is 773 g/mol. The molecule has 0 aliphatic carbocycles. The summed E-state index contributed by atoms with van der Waals surface area (Å²) in [5.41, 5.74) is 9.74. The van der Waals surface area contributed by atoms with Gasteiger partial charge in [-0.25, -0.2) is 0 Å². The number of aryl methyl sites for hydroxylation is 2. The van der Waals surface area contributed by atoms with Gasteiger partial charge in [0.05, 0.1) is 22.8 Å². The lowest BCUT2D eigenvalue weighted by atomic mass is 9.94. The summed E-state index contributed by atoms with van der Waals surface area (Å²) in [5, 5.41) is 10.4. The molecule has 0 saturated carbocycles. The molecule has 0 fully saturated rings. The van der Waals surface area contributed by atoms with E-state index in [0.717, 1.165) is 24.2 Å². The number of fused-ring (bicyclic) bond motifs is 9. The van der Waals surface area contributed by atoms with Crippen molar-refractivity contribution in [3.05, 3.63) is 96.3 Å². The predicted octanol–water partition coefficient (Wildman–Crippen LogP) is 17.0. The van der Waals surface area contributed by atoms with Crippen LogP contribution in [-0.2, 0) is 12.8 Å². The van der Waals surface area contributed by atoms with Crippen molar-refractivity contribution in [2.24, 2.45) is 0 Å². The van der Waals surface area contributed by atoms with Gasteiger partial charge in [0, 0.05) is 33.2 Å². The topological polar surface area (TPSA) is 63.2 Å². The van der Waals surface area contributed by atoms with Gasteiger partial charge in [0.25, 0.3) is 0 Å². The molecule has 4 nitrogen and oxygen atoms in total. The van der Waals surface area contributed by atoms with Crippen LogP contribution >= 0.6 is 0 Å². The highest BCUT2D eigenvalue weighted by Crippen LogP contribution is 2.39. The molecule has 0 bridgehead atoms. The second-order valence-corrected chi connectivity index (χ2v) is 17.5. The molecule has 0 aliphatic heterocycles. The van der Waals surface area contributed by atoms with Crippen LogP contribution in [0.3, 0.4) is 0 Å². The molecule has 0 unspecified atom stereocenters. The Balaban J connectivity index is 0.911. The van der Waals surface area contributed by atoms with E-state index in [1.54, 1.807) is 0 Å². The molecule has 4 aromatic heterocycles. The molecular weight excluding hydrogens is 705 g/mol. The van der Waals surface area contributed by atoms with Crippen molar-refractivity contribution in [2.75, 3.05) is 0 Å². The van der Waals surface area contributed by atoms with Crippen molar-refractivity contribution in [1.29, 1.82) is 0 Å². The summed E-state index contributed by atoms with van der Waals surface area (Å²) >= 11 is 0. The summed E-state index contributed by atoms with van der Waals surface area (Å²) in [7, 11) is 0. The van der Waals surface area contributed by atoms with Crippen LogP contribution in [-0.4, -0.2) is 19.9 Å². The second-order valence-electron chi connectivity index (χ2n) is 17.5. The van der Waals surface area contributed by atoms with Gasteiger partial charge in [0.1, 0.15) is 0 Å². The summed E-state index contributed by atoms with van der Waals surface area (Å²) in [6.45, 7) is 4.59. The summed E-state index contributed by atoms with van der Waals surface area (Å²) in [6.07, 6.45) is 29.8. The van der Waals surface area contributed by atoms with Gasteiger partial charge in [0.15, 0.2) is 0 Å². The van der Waals surface area contributed by atoms with Crippen molar-refractivity contribution < 1.29 is 0 Å². The minimum absolute atomic E-state index is 1.13. The van der Waals surface area contributed by atoms with Crippen molar-refractivity contribution in [3.63, 3.8) is 0 Å². The first-order valence-corrected chi connectivity index (χ1v) is 23.5. The second kappa shape index (κ2) is 19.8. The summed E-state index contributed by atoms with van der Waals surface area (Å²) in [5.74, 6) is 0. The Morgan fingerprint density at radius 1 is 0.276 bits per heavy atom. The molecule has 4 heterocycles. The molecule has 0 spiro atoms. The van der Waals surface area contributed by atoms with E-state index in [2.05, 4.69) is 119 Å². The van der Waals surface area contributed by atoms with Crippen LogP contribution in [0.25, 0.3) is 76.9 Å². The number of benzene rings is 4. The standard InChI is InChI=1S/C54H68N4/c1-3-5-7-9-11-13-15-17-19-21-23-39-25-33-51(55-39)53-37-47-45-29-27-42-41(43(45)31-35-49(47)57-53)28-30-46-44(42)32-36-50-48(46)38-54(58-50)52-34-26-40(56-52)24-22-20-18-16-14-12-10-8-6-4-2/h25-38,55-58H,3-24H2,1-2H3. The highest BCUT2D eigenvalue weighted by atomic mass is 14.8. The molecule has 304 valence electrons. The fourth-order valence-corrected chi connectivity index (χ4v) is 9.65. The molecule has 8 aromatic rings. The van der Waals surface area contributed by atoms with E-state index in [0.29, 0.717) is 0 Å². The number of aromatic amines is 4. The SMILES string of the molecule is CCCCCCCCCCCCc1ccc(-c2cc3c(ccc4c3ccc3c5ccc6[nH]c(-c7ccc(CCCCCCCCCCCC)[nH]7)cc6c5ccc43)[nH]2)[nH]1. The highest BCUT2D eigenvalue weighted by molar-refractivity contribution is 6.25. The maximum Gasteiger partial charge on any atom is 0.0630 e. The molecule has 8 rings (SSSR count). The van der Waals surface area contributed by atoms with Gasteiger partial charge in [0.2, 0.25) is 0 Å². The maximum atomic E-state index is 3.73. The first-order chi connectivity index (χ1) is 28.7. The quantitative estimate of drug-likeness (QED) is 0.0349. The first kappa shape index (κ1) is 40.1. The molecule has 0 aliphatic rings. The molecule has 4 heteroatoms. The molecule has 0 radical (unpaired) electrons. The Kier molecular flexibility index (Phi) is 13.7. The van der Waals surface area contributed by atoms with Gasteiger partial charge < -0.3 is 19.9 Å². The average molecular weight is 773 g/mol. The lowest BCUT2D eigenvalue weighted by Crippen LogP contribution is -1.87. The molecule has 58 heavy (non-hydrogen) atoms. The summed E-state index contributed by atoms with van der Waals surface area (Å²) in [4.78, 5) is 14.9. The van der Waals surface area contributed by atoms with Crippen molar-refractivity contribution in [1.82, 2.24) is 19.9 Å². The van der Waals surface area contributed by atoms with Gasteiger partial charge in [-0.2, -0.15) is 0 Å². The Hall–Kier alpha value is -4.70. The van der Waals surface area contributed by atoms with Crippen molar-refractivity contribution >= 4 is 54.1 Å². The lowest BCUT2D eigenvalue weighted by molar-refractivity contribution is 0.555. The predicted molar refractivity (Wildman–Crippen MR) is 253 cm³/mol. The number of rotatable bonds is 24. The zero-order valence-electron chi connectivity index (χ0n) is 35.6. The van der Waals surface area contributed by atoms with Crippen LogP contribution in [0.2, 0.25) is 0 Å². The van der Waals surface area contributed by atoms with E-state index >= 15 is 0 Å². The molecule has 0 amide bonds. The lowest BCUT2D eigenvalue weighted by Gasteiger charge is -2.09. The van der Waals surface area contributed by atoms with Gasteiger partial charge in [-0.1, -0.05) is 166 Å². The first-order valence-electron chi connectivity index (χ1n) is 23.5. The normalized spacial score (nSPS) is 12.1.